The van der Waals surface area contributed by atoms with Gasteiger partial charge in [-0.05, 0) is 11.6 Å². The van der Waals surface area contributed by atoms with Crippen molar-refractivity contribution in [2.75, 3.05) is 13.1 Å². The van der Waals surface area contributed by atoms with Crippen LogP contribution >= 0.6 is 11.6 Å². The van der Waals surface area contributed by atoms with E-state index in [1.807, 2.05) is 0 Å². The van der Waals surface area contributed by atoms with Crippen LogP contribution in [0.2, 0.25) is 0 Å². The number of amides is 1. The number of alkyl halides is 6. The zero-order chi connectivity index (χ0) is 11.6. The lowest BCUT2D eigenvalue weighted by molar-refractivity contribution is -0.169. The van der Waals surface area contributed by atoms with Gasteiger partial charge in [0, 0.05) is 0 Å². The Labute approximate surface area is 79.4 Å². The molecule has 84 valence electrons. The lowest BCUT2D eigenvalue weighted by atomic mass is 10.5. The van der Waals surface area contributed by atoms with Crippen molar-refractivity contribution in [2.24, 2.45) is 0 Å². The zero-order valence-electron chi connectivity index (χ0n) is 6.42. The highest BCUT2D eigenvalue weighted by Crippen LogP contribution is 2.22. The van der Waals surface area contributed by atoms with Crippen LogP contribution in [0, 0.1) is 0 Å². The molecule has 0 aliphatic rings. The molecular weight excluding hydrogens is 240 g/mol. The van der Waals surface area contributed by atoms with E-state index >= 15 is 0 Å². The van der Waals surface area contributed by atoms with E-state index in [1.54, 1.807) is 0 Å². The normalized spacial score (nSPS) is 12.8. The summed E-state index contributed by atoms with van der Waals surface area (Å²) in [6, 6.07) is 0. The van der Waals surface area contributed by atoms with E-state index in [1.165, 1.54) is 0 Å². The molecule has 0 heterocycles. The van der Waals surface area contributed by atoms with Crippen molar-refractivity contribution in [2.45, 2.75) is 12.4 Å². The topological polar surface area (TPSA) is 20.3 Å². The quantitative estimate of drug-likeness (QED) is 0.415. The van der Waals surface area contributed by atoms with Gasteiger partial charge in [-0.15, -0.1) is 0 Å². The fourth-order valence-corrected chi connectivity index (χ4v) is 0.733. The Morgan fingerprint density at radius 1 is 1.00 bits per heavy atom. The van der Waals surface area contributed by atoms with Gasteiger partial charge in [0.05, 0.1) is 0 Å². The maximum atomic E-state index is 11.6. The second kappa shape index (κ2) is 4.24. The van der Waals surface area contributed by atoms with E-state index in [-0.39, 0.29) is 0 Å². The maximum Gasteiger partial charge on any atom is 0.406 e. The monoisotopic (exact) mass is 243 g/mol. The Morgan fingerprint density at radius 3 is 1.43 bits per heavy atom. The van der Waals surface area contributed by atoms with Crippen LogP contribution in [-0.2, 0) is 0 Å². The van der Waals surface area contributed by atoms with Gasteiger partial charge in [0.15, 0.2) is 0 Å². The molecule has 0 aliphatic heterocycles. The summed E-state index contributed by atoms with van der Waals surface area (Å²) in [5.74, 6) is 0. The second-order valence-electron chi connectivity index (χ2n) is 2.34. The van der Waals surface area contributed by atoms with Crippen LogP contribution in [0.5, 0.6) is 0 Å². The highest BCUT2D eigenvalue weighted by atomic mass is 35.5. The van der Waals surface area contributed by atoms with Gasteiger partial charge in [-0.25, -0.2) is 0 Å². The van der Waals surface area contributed by atoms with Gasteiger partial charge >= 0.3 is 17.7 Å². The summed E-state index contributed by atoms with van der Waals surface area (Å²) in [6.45, 7) is -4.04. The average molecular weight is 244 g/mol. The highest BCUT2D eigenvalue weighted by molar-refractivity contribution is 6.62. The molecule has 0 fully saturated rings. The lowest BCUT2D eigenvalue weighted by Gasteiger charge is -2.22. The van der Waals surface area contributed by atoms with E-state index < -0.39 is 35.7 Å². The Kier molecular flexibility index (Phi) is 4.04. The molecule has 0 atom stereocenters. The standard InChI is InChI=1S/C5H4ClF6NO/c6-3(14)13(1-4(7,8)9)2-5(10,11)12/h1-2H2. The largest absolute Gasteiger partial charge is 0.406 e. The van der Waals surface area contributed by atoms with Crippen LogP contribution in [-0.4, -0.2) is 35.7 Å². The lowest BCUT2D eigenvalue weighted by Crippen LogP contribution is -2.41. The van der Waals surface area contributed by atoms with E-state index in [4.69, 9.17) is 0 Å². The SMILES string of the molecule is O=C(Cl)N(CC(F)(F)F)CC(F)(F)F. The Hall–Kier alpha value is -0.660. The predicted octanol–water partition coefficient (Wildman–Crippen LogP) is 2.77. The third-order valence-electron chi connectivity index (χ3n) is 0.989. The van der Waals surface area contributed by atoms with Crippen LogP contribution in [0.4, 0.5) is 31.1 Å². The first-order valence-electron chi connectivity index (χ1n) is 3.09. The molecule has 0 saturated heterocycles. The third kappa shape index (κ3) is 6.81. The smallest absolute Gasteiger partial charge is 0.311 e. The van der Waals surface area contributed by atoms with Gasteiger partial charge in [-0.3, -0.25) is 4.79 Å². The Bertz CT molecular complexity index is 195. The predicted molar refractivity (Wildman–Crippen MR) is 34.9 cm³/mol. The van der Waals surface area contributed by atoms with Gasteiger partial charge in [0.1, 0.15) is 13.1 Å². The summed E-state index contributed by atoms with van der Waals surface area (Å²) in [5.41, 5.74) is 0. The minimum atomic E-state index is -4.91. The zero-order valence-corrected chi connectivity index (χ0v) is 7.17. The van der Waals surface area contributed by atoms with Gasteiger partial charge in [-0.2, -0.15) is 26.3 Å². The van der Waals surface area contributed by atoms with Gasteiger partial charge in [0.25, 0.3) is 0 Å². The molecule has 0 spiro atoms. The Morgan fingerprint density at radius 2 is 1.29 bits per heavy atom. The van der Waals surface area contributed by atoms with Crippen LogP contribution in [0.3, 0.4) is 0 Å². The molecular formula is C5H4ClF6NO. The fourth-order valence-electron chi connectivity index (χ4n) is 0.613. The summed E-state index contributed by atoms with van der Waals surface area (Å²) < 4.78 is 69.7. The number of nitrogens with zero attached hydrogens (tertiary/aromatic N) is 1. The first kappa shape index (κ1) is 13.3. The fraction of sp³-hybridized carbons (Fsp3) is 0.800. The third-order valence-corrected chi connectivity index (χ3v) is 1.23. The van der Waals surface area contributed by atoms with Crippen molar-refractivity contribution >= 4 is 17.0 Å². The molecule has 0 unspecified atom stereocenters. The van der Waals surface area contributed by atoms with Crippen molar-refractivity contribution in [1.29, 1.82) is 0 Å². The van der Waals surface area contributed by atoms with Crippen molar-refractivity contribution in [1.82, 2.24) is 4.90 Å². The maximum absolute atomic E-state index is 11.6. The minimum Gasteiger partial charge on any atom is -0.311 e. The molecule has 0 aromatic heterocycles. The molecule has 0 radical (unpaired) electrons. The summed E-state index contributed by atoms with van der Waals surface area (Å²) in [6.07, 6.45) is -9.81. The van der Waals surface area contributed by atoms with Gasteiger partial charge in [0.2, 0.25) is 0 Å². The summed E-state index contributed by atoms with van der Waals surface area (Å²) in [7, 11) is 0. The summed E-state index contributed by atoms with van der Waals surface area (Å²) in [4.78, 5) is 9.65. The molecule has 0 aromatic rings. The van der Waals surface area contributed by atoms with E-state index in [0.717, 1.165) is 0 Å². The van der Waals surface area contributed by atoms with E-state index in [9.17, 15) is 31.1 Å². The van der Waals surface area contributed by atoms with Gasteiger partial charge in [-0.1, -0.05) is 0 Å². The van der Waals surface area contributed by atoms with Crippen LogP contribution in [0.15, 0.2) is 0 Å². The first-order valence-corrected chi connectivity index (χ1v) is 3.47. The molecule has 9 heteroatoms. The van der Waals surface area contributed by atoms with Crippen LogP contribution in [0.25, 0.3) is 0 Å². The molecule has 2 nitrogen and oxygen atoms in total. The van der Waals surface area contributed by atoms with Crippen LogP contribution < -0.4 is 0 Å². The number of hydrogen-bond donors (Lipinski definition) is 0. The Balaban J connectivity index is 4.40. The average Bonchev–Trinajstić information content (AvgIpc) is 1.78. The summed E-state index contributed by atoms with van der Waals surface area (Å²) in [5, 5.41) is -1.79. The summed E-state index contributed by atoms with van der Waals surface area (Å²) >= 11 is 4.54. The van der Waals surface area contributed by atoms with Crippen LogP contribution in [0.1, 0.15) is 0 Å². The molecule has 0 rings (SSSR count). The first-order chi connectivity index (χ1) is 6.01. The van der Waals surface area contributed by atoms with E-state index in [0.29, 0.717) is 0 Å². The van der Waals surface area contributed by atoms with Crippen molar-refractivity contribution in [3.05, 3.63) is 0 Å². The molecule has 0 aromatic carbocycles. The molecule has 0 N–H and O–H groups in total. The molecule has 1 amide bonds. The van der Waals surface area contributed by atoms with Crippen molar-refractivity contribution < 1.29 is 31.1 Å². The minimum absolute atomic E-state index is 0.540. The van der Waals surface area contributed by atoms with Crippen molar-refractivity contribution in [3.8, 4) is 0 Å². The van der Waals surface area contributed by atoms with Crippen molar-refractivity contribution in [3.63, 3.8) is 0 Å². The van der Waals surface area contributed by atoms with E-state index in [2.05, 4.69) is 11.6 Å². The second-order valence-corrected chi connectivity index (χ2v) is 2.66. The number of carbonyl (C=O) groups excluding carboxylic acids is 1. The number of halogens is 7. The number of hydrogen-bond acceptors (Lipinski definition) is 1. The molecule has 0 aliphatic carbocycles. The molecule has 14 heavy (non-hydrogen) atoms. The molecule has 0 bridgehead atoms. The number of carbonyl (C=O) groups is 1. The molecule has 0 saturated carbocycles. The van der Waals surface area contributed by atoms with Gasteiger partial charge < -0.3 is 4.90 Å². The highest BCUT2D eigenvalue weighted by Gasteiger charge is 2.39. The number of rotatable bonds is 2.